The first-order valence-electron chi connectivity index (χ1n) is 7.70. The number of nitrogens with zero attached hydrogens (tertiary/aromatic N) is 3. The molecule has 1 aromatic heterocycles. The fourth-order valence-electron chi connectivity index (χ4n) is 2.74. The van der Waals surface area contributed by atoms with Gasteiger partial charge in [0.25, 0.3) is 11.4 Å². The number of pyridine rings is 1. The van der Waals surface area contributed by atoms with Crippen LogP contribution in [0.3, 0.4) is 0 Å². The maximum Gasteiger partial charge on any atom is 0.282 e. The maximum atomic E-state index is 12.3. The summed E-state index contributed by atoms with van der Waals surface area (Å²) in [7, 11) is 0. The van der Waals surface area contributed by atoms with Gasteiger partial charge in [-0.15, -0.1) is 0 Å². The molecule has 0 bridgehead atoms. The Labute approximate surface area is 148 Å². The Hall–Kier alpha value is -3.49. The topological polar surface area (TPSA) is 122 Å². The number of ether oxygens (including phenoxy) is 1. The number of fused-ring (bicyclic) bond motifs is 1. The van der Waals surface area contributed by atoms with Crippen molar-refractivity contribution in [3.8, 4) is 5.75 Å². The van der Waals surface area contributed by atoms with Gasteiger partial charge < -0.3 is 9.94 Å². The van der Waals surface area contributed by atoms with Crippen molar-refractivity contribution in [1.29, 1.82) is 0 Å². The summed E-state index contributed by atoms with van der Waals surface area (Å²) in [4.78, 5) is 21.1. The van der Waals surface area contributed by atoms with Crippen LogP contribution in [-0.4, -0.2) is 16.5 Å². The zero-order valence-electron chi connectivity index (χ0n) is 14.0. The number of non-ortho nitro benzene ring substituents is 1. The predicted molar refractivity (Wildman–Crippen MR) is 91.5 cm³/mol. The number of hydrogen-bond donors (Lipinski definition) is 0. The van der Waals surface area contributed by atoms with E-state index in [1.54, 1.807) is 6.08 Å². The summed E-state index contributed by atoms with van der Waals surface area (Å²) >= 11 is 0. The number of nitro benzene ring substituents is 1. The second kappa shape index (κ2) is 6.10. The lowest BCUT2D eigenvalue weighted by Crippen LogP contribution is -2.31. The maximum absolute atomic E-state index is 12.3. The lowest BCUT2D eigenvalue weighted by molar-refractivity contribution is -0.608. The highest BCUT2D eigenvalue weighted by Crippen LogP contribution is 2.39. The van der Waals surface area contributed by atoms with Gasteiger partial charge in [0.2, 0.25) is 5.69 Å². The van der Waals surface area contributed by atoms with Crippen molar-refractivity contribution in [1.82, 2.24) is 0 Å². The first-order valence-corrected chi connectivity index (χ1v) is 7.70. The molecule has 0 spiro atoms. The van der Waals surface area contributed by atoms with E-state index in [2.05, 4.69) is 0 Å². The quantitative estimate of drug-likeness (QED) is 0.360. The van der Waals surface area contributed by atoms with Gasteiger partial charge in [0.05, 0.1) is 34.2 Å². The monoisotopic (exact) mass is 357 g/mol. The minimum Gasteiger partial charge on any atom is -0.618 e. The Bertz CT molecular complexity index is 952. The van der Waals surface area contributed by atoms with Crippen LogP contribution in [0, 0.1) is 30.9 Å². The number of aromatic nitrogens is 1. The summed E-state index contributed by atoms with van der Waals surface area (Å²) in [6, 6.07) is 6.34. The third-order valence-electron chi connectivity index (χ3n) is 3.99. The molecule has 3 rings (SSSR count). The van der Waals surface area contributed by atoms with E-state index in [1.165, 1.54) is 18.2 Å². The van der Waals surface area contributed by atoms with Crippen LogP contribution in [0.5, 0.6) is 5.75 Å². The fourth-order valence-corrected chi connectivity index (χ4v) is 2.74. The number of benzene rings is 1. The minimum absolute atomic E-state index is 0.0273. The average molecular weight is 357 g/mol. The molecule has 1 aliphatic heterocycles. The van der Waals surface area contributed by atoms with Gasteiger partial charge in [-0.05, 0) is 6.07 Å². The Morgan fingerprint density at radius 2 is 1.73 bits per heavy atom. The molecule has 0 fully saturated rings. The van der Waals surface area contributed by atoms with Crippen molar-refractivity contribution < 1.29 is 19.3 Å². The van der Waals surface area contributed by atoms with E-state index in [0.29, 0.717) is 21.6 Å². The summed E-state index contributed by atoms with van der Waals surface area (Å²) in [6.07, 6.45) is 2.79. The SMILES string of the molecule is CC1(C)C=C(c2cc([N+](=O)[O-])cc[n+]2[O-])c2cc([N+](=O)[O-])ccc2OC1. The molecular weight excluding hydrogens is 342 g/mol. The van der Waals surface area contributed by atoms with E-state index < -0.39 is 15.3 Å². The third-order valence-corrected chi connectivity index (χ3v) is 3.99. The Morgan fingerprint density at radius 3 is 2.38 bits per heavy atom. The summed E-state index contributed by atoms with van der Waals surface area (Å²) in [5.41, 5.74) is -0.191. The van der Waals surface area contributed by atoms with Crippen molar-refractivity contribution in [3.63, 3.8) is 0 Å². The van der Waals surface area contributed by atoms with Gasteiger partial charge in [0.15, 0.2) is 6.20 Å². The molecule has 2 aromatic rings. The van der Waals surface area contributed by atoms with E-state index >= 15 is 0 Å². The van der Waals surface area contributed by atoms with Crippen LogP contribution in [0.2, 0.25) is 0 Å². The van der Waals surface area contributed by atoms with Crippen LogP contribution in [0.4, 0.5) is 11.4 Å². The number of nitro groups is 2. The van der Waals surface area contributed by atoms with Gasteiger partial charge in [0.1, 0.15) is 5.75 Å². The summed E-state index contributed by atoms with van der Waals surface area (Å²) in [5, 5.41) is 34.6. The summed E-state index contributed by atoms with van der Waals surface area (Å²) < 4.78 is 6.25. The highest BCUT2D eigenvalue weighted by Gasteiger charge is 2.30. The van der Waals surface area contributed by atoms with Crippen molar-refractivity contribution in [2.24, 2.45) is 5.41 Å². The third kappa shape index (κ3) is 3.18. The van der Waals surface area contributed by atoms with Crippen molar-refractivity contribution in [3.05, 3.63) is 79.3 Å². The summed E-state index contributed by atoms with van der Waals surface area (Å²) in [5.74, 6) is 0.374. The fraction of sp³-hybridized carbons (Fsp3) is 0.235. The smallest absolute Gasteiger partial charge is 0.282 e. The van der Waals surface area contributed by atoms with Gasteiger partial charge in [-0.3, -0.25) is 20.2 Å². The molecule has 0 radical (unpaired) electrons. The van der Waals surface area contributed by atoms with Gasteiger partial charge in [-0.25, -0.2) is 0 Å². The van der Waals surface area contributed by atoms with Gasteiger partial charge in [-0.1, -0.05) is 19.9 Å². The molecule has 0 saturated heterocycles. The largest absolute Gasteiger partial charge is 0.618 e. The molecule has 0 amide bonds. The van der Waals surface area contributed by atoms with Crippen LogP contribution in [0.15, 0.2) is 42.6 Å². The number of rotatable bonds is 3. The van der Waals surface area contributed by atoms with Crippen molar-refractivity contribution in [2.75, 3.05) is 6.61 Å². The Balaban J connectivity index is 2.29. The molecule has 0 saturated carbocycles. The molecular formula is C17H15N3O6. The predicted octanol–water partition coefficient (Wildman–Crippen LogP) is 2.99. The van der Waals surface area contributed by atoms with E-state index in [9.17, 15) is 25.4 Å². The molecule has 134 valence electrons. The minimum atomic E-state index is -0.600. The second-order valence-electron chi connectivity index (χ2n) is 6.63. The molecule has 0 N–H and O–H groups in total. The van der Waals surface area contributed by atoms with E-state index in [0.717, 1.165) is 18.3 Å². The highest BCUT2D eigenvalue weighted by atomic mass is 16.6. The molecule has 9 nitrogen and oxygen atoms in total. The second-order valence-corrected chi connectivity index (χ2v) is 6.63. The van der Waals surface area contributed by atoms with Crippen LogP contribution in [0.1, 0.15) is 25.1 Å². The average Bonchev–Trinajstić information content (AvgIpc) is 2.71. The molecule has 9 heteroatoms. The van der Waals surface area contributed by atoms with Crippen molar-refractivity contribution in [2.45, 2.75) is 13.8 Å². The first kappa shape index (κ1) is 17.3. The first-order chi connectivity index (χ1) is 12.2. The summed E-state index contributed by atoms with van der Waals surface area (Å²) in [6.45, 7) is 4.04. The highest BCUT2D eigenvalue weighted by molar-refractivity contribution is 5.82. The lowest BCUT2D eigenvalue weighted by Gasteiger charge is -2.18. The lowest BCUT2D eigenvalue weighted by atomic mass is 9.89. The molecule has 26 heavy (non-hydrogen) atoms. The van der Waals surface area contributed by atoms with E-state index in [-0.39, 0.29) is 23.7 Å². The van der Waals surface area contributed by atoms with Crippen LogP contribution >= 0.6 is 0 Å². The molecule has 0 aliphatic carbocycles. The van der Waals surface area contributed by atoms with E-state index in [1.807, 2.05) is 13.8 Å². The Kier molecular flexibility index (Phi) is 4.07. The normalized spacial score (nSPS) is 15.2. The zero-order chi connectivity index (χ0) is 19.1. The molecule has 0 unspecified atom stereocenters. The van der Waals surface area contributed by atoms with Gasteiger partial charge in [-0.2, -0.15) is 4.73 Å². The molecule has 1 aromatic carbocycles. The van der Waals surface area contributed by atoms with Gasteiger partial charge in [0, 0.05) is 23.1 Å². The van der Waals surface area contributed by atoms with Crippen molar-refractivity contribution >= 4 is 16.9 Å². The molecule has 1 aliphatic rings. The Morgan fingerprint density at radius 1 is 1.08 bits per heavy atom. The van der Waals surface area contributed by atoms with Crippen LogP contribution in [-0.2, 0) is 0 Å². The van der Waals surface area contributed by atoms with Gasteiger partial charge >= 0.3 is 0 Å². The molecule has 0 atom stereocenters. The van der Waals surface area contributed by atoms with E-state index in [4.69, 9.17) is 4.74 Å². The molecule has 2 heterocycles. The van der Waals surface area contributed by atoms with Crippen LogP contribution in [0.25, 0.3) is 5.57 Å². The zero-order valence-corrected chi connectivity index (χ0v) is 14.0. The van der Waals surface area contributed by atoms with Crippen LogP contribution < -0.4 is 9.47 Å². The standard InChI is InChI=1S/C17H15N3O6/c1-17(2)9-14(15-8-12(20(24)25)5-6-18(15)21)13-7-11(19(22)23)3-4-16(13)26-10-17/h3-9H,10H2,1-2H3. The number of hydrogen-bond acceptors (Lipinski definition) is 6.